The van der Waals surface area contributed by atoms with E-state index in [9.17, 15) is 0 Å². The molecule has 34 heavy (non-hydrogen) atoms. The molecule has 0 atom stereocenters. The fourth-order valence-electron chi connectivity index (χ4n) is 4.44. The number of thiazole rings is 1. The predicted molar refractivity (Wildman–Crippen MR) is 144 cm³/mol. The number of nitrogens with zero attached hydrogens (tertiary/aromatic N) is 3. The molecule has 3 nitrogen and oxygen atoms in total. The van der Waals surface area contributed by atoms with Crippen LogP contribution in [0.5, 0.6) is 0 Å². The van der Waals surface area contributed by atoms with E-state index in [-0.39, 0.29) is 0 Å². The van der Waals surface area contributed by atoms with Gasteiger partial charge in [0.2, 0.25) is 0 Å². The molecule has 0 saturated carbocycles. The first kappa shape index (κ1) is 21.1. The molecule has 4 aromatic carbocycles. The van der Waals surface area contributed by atoms with E-state index in [1.54, 1.807) is 11.3 Å². The van der Waals surface area contributed by atoms with Crippen molar-refractivity contribution in [2.75, 3.05) is 0 Å². The van der Waals surface area contributed by atoms with Crippen molar-refractivity contribution in [3.63, 3.8) is 0 Å². The van der Waals surface area contributed by atoms with Crippen LogP contribution >= 0.6 is 22.9 Å². The molecule has 2 aromatic heterocycles. The molecular weight excluding hydrogens is 458 g/mol. The van der Waals surface area contributed by atoms with Crippen molar-refractivity contribution in [2.45, 2.75) is 20.4 Å². The Balaban J connectivity index is 1.43. The third-order valence-corrected chi connectivity index (χ3v) is 7.62. The highest BCUT2D eigenvalue weighted by Crippen LogP contribution is 2.39. The highest BCUT2D eigenvalue weighted by molar-refractivity contribution is 7.22. The number of rotatable bonds is 4. The van der Waals surface area contributed by atoms with Gasteiger partial charge in [0.25, 0.3) is 0 Å². The zero-order valence-corrected chi connectivity index (χ0v) is 20.5. The second-order valence-corrected chi connectivity index (χ2v) is 10.1. The molecule has 0 amide bonds. The molecule has 0 radical (unpaired) electrons. The van der Waals surface area contributed by atoms with Gasteiger partial charge in [0.15, 0.2) is 0 Å². The molecule has 0 bridgehead atoms. The van der Waals surface area contributed by atoms with Gasteiger partial charge in [0.05, 0.1) is 22.3 Å². The predicted octanol–water partition coefficient (Wildman–Crippen LogP) is 8.30. The fraction of sp³-hybridized carbons (Fsp3) is 0.103. The van der Waals surface area contributed by atoms with Gasteiger partial charge in [-0.15, -0.1) is 11.3 Å². The van der Waals surface area contributed by atoms with Crippen molar-refractivity contribution in [3.8, 4) is 21.7 Å². The number of hydrogen-bond donors (Lipinski definition) is 0. The molecule has 5 heteroatoms. The Morgan fingerprint density at radius 3 is 2.38 bits per heavy atom. The normalized spacial score (nSPS) is 11.5. The van der Waals surface area contributed by atoms with E-state index in [0.29, 0.717) is 0 Å². The maximum Gasteiger partial charge on any atom is 0.124 e. The Hall–Kier alpha value is -3.47. The molecular formula is C29H22ClN3S. The smallest absolute Gasteiger partial charge is 0.124 e. The van der Waals surface area contributed by atoms with Gasteiger partial charge in [-0.2, -0.15) is 5.10 Å². The van der Waals surface area contributed by atoms with E-state index >= 15 is 0 Å². The van der Waals surface area contributed by atoms with Gasteiger partial charge < -0.3 is 0 Å². The molecule has 0 unspecified atom stereocenters. The molecule has 0 spiro atoms. The molecule has 166 valence electrons. The lowest BCUT2D eigenvalue weighted by Gasteiger charge is -2.05. The quantitative estimate of drug-likeness (QED) is 0.254. The molecule has 0 N–H and O–H groups in total. The monoisotopic (exact) mass is 479 g/mol. The van der Waals surface area contributed by atoms with Crippen molar-refractivity contribution in [1.29, 1.82) is 0 Å². The third kappa shape index (κ3) is 3.79. The second-order valence-electron chi connectivity index (χ2n) is 8.65. The van der Waals surface area contributed by atoms with Crippen molar-refractivity contribution < 1.29 is 0 Å². The number of benzene rings is 4. The summed E-state index contributed by atoms with van der Waals surface area (Å²) >= 11 is 7.86. The number of halogens is 1. The summed E-state index contributed by atoms with van der Waals surface area (Å²) in [5.74, 6) is 0. The van der Waals surface area contributed by atoms with Crippen LogP contribution in [-0.4, -0.2) is 14.8 Å². The van der Waals surface area contributed by atoms with Gasteiger partial charge in [-0.25, -0.2) is 4.98 Å². The van der Waals surface area contributed by atoms with E-state index in [1.165, 1.54) is 32.5 Å². The van der Waals surface area contributed by atoms with E-state index in [2.05, 4.69) is 85.3 Å². The number of hydrogen-bond acceptors (Lipinski definition) is 3. The largest absolute Gasteiger partial charge is 0.264 e. The van der Waals surface area contributed by atoms with Crippen LogP contribution in [0.15, 0.2) is 84.9 Å². The average molecular weight is 480 g/mol. The Kier molecular flexibility index (Phi) is 5.20. The Labute approximate surface area is 207 Å². The van der Waals surface area contributed by atoms with Gasteiger partial charge in [-0.05, 0) is 73.0 Å². The maximum absolute atomic E-state index is 6.12. The third-order valence-electron chi connectivity index (χ3n) is 6.21. The van der Waals surface area contributed by atoms with Gasteiger partial charge in [-0.1, -0.05) is 54.1 Å². The van der Waals surface area contributed by atoms with Crippen LogP contribution in [0.25, 0.3) is 42.8 Å². The molecule has 0 aliphatic rings. The van der Waals surface area contributed by atoms with Gasteiger partial charge in [0, 0.05) is 27.2 Å². The van der Waals surface area contributed by atoms with Crippen molar-refractivity contribution in [1.82, 2.24) is 14.8 Å². The van der Waals surface area contributed by atoms with Crippen LogP contribution in [0.4, 0.5) is 0 Å². The zero-order chi connectivity index (χ0) is 23.2. The minimum absolute atomic E-state index is 0.745. The highest BCUT2D eigenvalue weighted by atomic mass is 35.5. The molecule has 6 rings (SSSR count). The van der Waals surface area contributed by atoms with Crippen LogP contribution in [0.1, 0.15) is 16.8 Å². The molecule has 0 aliphatic heterocycles. The molecule has 2 heterocycles. The first-order chi connectivity index (χ1) is 16.5. The topological polar surface area (TPSA) is 30.7 Å². The summed E-state index contributed by atoms with van der Waals surface area (Å²) in [4.78, 5) is 5.02. The first-order valence-corrected chi connectivity index (χ1v) is 12.4. The lowest BCUT2D eigenvalue weighted by atomic mass is 10.0. The summed E-state index contributed by atoms with van der Waals surface area (Å²) in [6.45, 7) is 5.03. The van der Waals surface area contributed by atoms with Crippen LogP contribution in [-0.2, 0) is 6.54 Å². The van der Waals surface area contributed by atoms with Gasteiger partial charge >= 0.3 is 0 Å². The summed E-state index contributed by atoms with van der Waals surface area (Å²) in [6, 6.07) is 29.4. The standard InChI is InChI=1S/C29H22ClN3S/c1-18-14-25(21-8-11-23(30)12-9-21)28-27(15-18)31-29(34-28)22-10-13-26-24(16-22)19(2)33(32-26)17-20-6-4-3-5-7-20/h3-16H,17H2,1-2H3. The first-order valence-electron chi connectivity index (χ1n) is 11.2. The van der Waals surface area contributed by atoms with Gasteiger partial charge in [-0.3, -0.25) is 4.68 Å². The highest BCUT2D eigenvalue weighted by Gasteiger charge is 2.15. The van der Waals surface area contributed by atoms with Crippen LogP contribution in [0.2, 0.25) is 5.02 Å². The number of fused-ring (bicyclic) bond motifs is 2. The lowest BCUT2D eigenvalue weighted by Crippen LogP contribution is -2.03. The fourth-order valence-corrected chi connectivity index (χ4v) is 5.65. The molecule has 6 aromatic rings. The van der Waals surface area contributed by atoms with Crippen molar-refractivity contribution in [3.05, 3.63) is 107 Å². The zero-order valence-electron chi connectivity index (χ0n) is 18.9. The molecule has 0 aliphatic carbocycles. The van der Waals surface area contributed by atoms with Crippen molar-refractivity contribution >= 4 is 44.1 Å². The second kappa shape index (κ2) is 8.39. The molecule has 0 fully saturated rings. The molecule has 0 saturated heterocycles. The Morgan fingerprint density at radius 1 is 0.824 bits per heavy atom. The summed E-state index contributed by atoms with van der Waals surface area (Å²) < 4.78 is 3.28. The van der Waals surface area contributed by atoms with Crippen molar-refractivity contribution in [2.24, 2.45) is 0 Å². The number of aryl methyl sites for hydroxylation is 2. The minimum atomic E-state index is 0.745. The SMILES string of the molecule is Cc1cc(-c2ccc(Cl)cc2)c2sc(-c3ccc4nn(Cc5ccccc5)c(C)c4c3)nc2c1. The van der Waals surface area contributed by atoms with Crippen LogP contribution in [0.3, 0.4) is 0 Å². The Morgan fingerprint density at radius 2 is 1.59 bits per heavy atom. The van der Waals surface area contributed by atoms with Gasteiger partial charge in [0.1, 0.15) is 5.01 Å². The van der Waals surface area contributed by atoms with E-state index in [4.69, 9.17) is 21.7 Å². The maximum atomic E-state index is 6.12. The van der Waals surface area contributed by atoms with E-state index < -0.39 is 0 Å². The summed E-state index contributed by atoms with van der Waals surface area (Å²) in [5, 5.41) is 7.78. The number of aromatic nitrogens is 3. The Bertz CT molecular complexity index is 1650. The van der Waals surface area contributed by atoms with E-state index in [0.717, 1.165) is 38.7 Å². The summed E-state index contributed by atoms with van der Waals surface area (Å²) in [7, 11) is 0. The lowest BCUT2D eigenvalue weighted by molar-refractivity contribution is 0.673. The summed E-state index contributed by atoms with van der Waals surface area (Å²) in [5.41, 5.74) is 9.12. The van der Waals surface area contributed by atoms with E-state index in [1.807, 2.05) is 18.2 Å². The van der Waals surface area contributed by atoms with Crippen LogP contribution in [0, 0.1) is 13.8 Å². The summed E-state index contributed by atoms with van der Waals surface area (Å²) in [6.07, 6.45) is 0. The van der Waals surface area contributed by atoms with Crippen LogP contribution < -0.4 is 0 Å². The average Bonchev–Trinajstić information content (AvgIpc) is 3.40. The minimum Gasteiger partial charge on any atom is -0.264 e.